The van der Waals surface area contributed by atoms with Crippen LogP contribution in [0.25, 0.3) is 99.5 Å². The van der Waals surface area contributed by atoms with Crippen molar-refractivity contribution in [2.45, 2.75) is 84.0 Å². The summed E-state index contributed by atoms with van der Waals surface area (Å²) >= 11 is 0. The minimum atomic E-state index is -0.351. The minimum absolute atomic E-state index is 0.00937. The lowest BCUT2D eigenvalue weighted by atomic mass is 9.72. The lowest BCUT2D eigenvalue weighted by Gasteiger charge is -2.32. The molecular weight excluding hydrogens is 923 g/mol. The third-order valence-corrected chi connectivity index (χ3v) is 18.0. The van der Waals surface area contributed by atoms with E-state index in [1.54, 1.807) is 0 Å². The van der Waals surface area contributed by atoms with Gasteiger partial charge in [0, 0.05) is 66.0 Å². The SMILES string of the molecule is CC(C)(C)c1ccc(N(c2ccc3c(c2)C(C)(C)c2cc(-c4ccccc4-c4ccccc4)c4oc5ccccc5c4c2-3)c2ccc3c(c2)C(C)(C)c2c4c(c5oc6ccccc6c5c2-3)-c2ccccc2C4(C)C)cc1. The Morgan fingerprint density at radius 3 is 1.50 bits per heavy atom. The van der Waals surface area contributed by atoms with Crippen molar-refractivity contribution in [1.29, 1.82) is 0 Å². The van der Waals surface area contributed by atoms with Crippen LogP contribution in [0.2, 0.25) is 0 Å². The third-order valence-electron chi connectivity index (χ3n) is 18.0. The van der Waals surface area contributed by atoms with Crippen LogP contribution in [-0.4, -0.2) is 0 Å². The summed E-state index contributed by atoms with van der Waals surface area (Å²) in [5, 5.41) is 4.71. The Kier molecular flexibility index (Phi) is 9.10. The van der Waals surface area contributed by atoms with Gasteiger partial charge in [0.05, 0.1) is 0 Å². The first-order valence-corrected chi connectivity index (χ1v) is 27.1. The Labute approximate surface area is 445 Å². The van der Waals surface area contributed by atoms with E-state index in [0.29, 0.717) is 0 Å². The summed E-state index contributed by atoms with van der Waals surface area (Å²) in [5.41, 5.74) is 27.9. The van der Waals surface area contributed by atoms with E-state index >= 15 is 0 Å². The van der Waals surface area contributed by atoms with Crippen LogP contribution in [0, 0.1) is 0 Å². The maximum absolute atomic E-state index is 7.02. The monoisotopic (exact) mass is 981 g/mol. The molecule has 0 aliphatic heterocycles. The van der Waals surface area contributed by atoms with Crippen molar-refractivity contribution in [2.24, 2.45) is 0 Å². The Balaban J connectivity index is 0.944. The minimum Gasteiger partial charge on any atom is -0.455 e. The van der Waals surface area contributed by atoms with Gasteiger partial charge in [0.15, 0.2) is 0 Å². The maximum atomic E-state index is 7.02. The van der Waals surface area contributed by atoms with Crippen LogP contribution in [0.1, 0.15) is 101 Å². The van der Waals surface area contributed by atoms with Crippen molar-refractivity contribution >= 4 is 60.9 Å². The molecule has 15 rings (SSSR count). The lowest BCUT2D eigenvalue weighted by molar-refractivity contribution is 0.590. The zero-order valence-corrected chi connectivity index (χ0v) is 44.7. The topological polar surface area (TPSA) is 29.5 Å². The van der Waals surface area contributed by atoms with Crippen LogP contribution in [0.4, 0.5) is 17.1 Å². The molecule has 0 saturated carbocycles. The molecule has 0 unspecified atom stereocenters. The zero-order chi connectivity index (χ0) is 51.8. The molecule has 76 heavy (non-hydrogen) atoms. The molecule has 368 valence electrons. The molecule has 0 fully saturated rings. The van der Waals surface area contributed by atoms with Crippen LogP contribution in [-0.2, 0) is 21.7 Å². The van der Waals surface area contributed by atoms with Gasteiger partial charge in [-0.1, -0.05) is 202 Å². The number of hydrogen-bond donors (Lipinski definition) is 0. The van der Waals surface area contributed by atoms with E-state index in [9.17, 15) is 0 Å². The third kappa shape index (κ3) is 6.00. The van der Waals surface area contributed by atoms with Crippen LogP contribution >= 0.6 is 0 Å². The molecule has 2 aromatic heterocycles. The summed E-state index contributed by atoms with van der Waals surface area (Å²) in [7, 11) is 0. The number of nitrogens with zero attached hydrogens (tertiary/aromatic N) is 1. The fraction of sp³-hybridized carbons (Fsp3) is 0.178. The molecule has 0 saturated heterocycles. The second-order valence-corrected chi connectivity index (χ2v) is 24.4. The van der Waals surface area contributed by atoms with Crippen molar-refractivity contribution in [2.75, 3.05) is 4.90 Å². The number of anilines is 3. The Bertz CT molecular complexity index is 4450. The molecule has 12 aromatic rings. The number of hydrogen-bond acceptors (Lipinski definition) is 3. The van der Waals surface area contributed by atoms with Crippen LogP contribution in [0.5, 0.6) is 0 Å². The van der Waals surface area contributed by atoms with Gasteiger partial charge in [-0.3, -0.25) is 0 Å². The van der Waals surface area contributed by atoms with Crippen molar-refractivity contribution < 1.29 is 8.83 Å². The van der Waals surface area contributed by atoms with E-state index in [2.05, 4.69) is 261 Å². The van der Waals surface area contributed by atoms with Gasteiger partial charge in [0.1, 0.15) is 22.3 Å². The van der Waals surface area contributed by atoms with E-state index in [4.69, 9.17) is 8.83 Å². The lowest BCUT2D eigenvalue weighted by Crippen LogP contribution is -2.24. The van der Waals surface area contributed by atoms with Crippen molar-refractivity contribution in [3.05, 3.63) is 233 Å². The standard InChI is InChI=1S/C73H59NO2/c1-70(2,3)43-31-33-44(34-32-43)74(46-36-38-51-57(40-46)73(8,9)66-62(51)64-53-27-17-20-30-60(53)76-69(64)65-49-25-15-18-28-55(49)72(6,7)67(65)66)45-35-37-50-56(39-45)71(4,5)58-41-54(48-24-14-13-23-47(48)42-21-11-10-12-22-42)68-63(61(50)58)52-26-16-19-29-59(52)75-68/h10-41H,1-9H3. The molecule has 0 atom stereocenters. The first kappa shape index (κ1) is 45.0. The van der Waals surface area contributed by atoms with Gasteiger partial charge in [-0.05, 0) is 143 Å². The average Bonchev–Trinajstić information content (AvgIpc) is 4.24. The van der Waals surface area contributed by atoms with Crippen molar-refractivity contribution in [3.8, 4) is 55.6 Å². The first-order chi connectivity index (χ1) is 36.6. The van der Waals surface area contributed by atoms with E-state index in [-0.39, 0.29) is 21.7 Å². The number of furan rings is 2. The van der Waals surface area contributed by atoms with E-state index in [1.165, 1.54) is 105 Å². The second kappa shape index (κ2) is 15.4. The summed E-state index contributed by atoms with van der Waals surface area (Å²) in [5.74, 6) is 0. The largest absolute Gasteiger partial charge is 0.455 e. The highest BCUT2D eigenvalue weighted by atomic mass is 16.3. The Morgan fingerprint density at radius 1 is 0.355 bits per heavy atom. The number of fused-ring (bicyclic) bond motifs is 19. The number of para-hydroxylation sites is 2. The molecular formula is C73H59NO2. The summed E-state index contributed by atoms with van der Waals surface area (Å²) in [6.45, 7) is 21.5. The van der Waals surface area contributed by atoms with Crippen molar-refractivity contribution in [1.82, 2.24) is 0 Å². The first-order valence-electron chi connectivity index (χ1n) is 27.1. The van der Waals surface area contributed by atoms with Gasteiger partial charge in [0.2, 0.25) is 0 Å². The molecule has 0 spiro atoms. The predicted octanol–water partition coefficient (Wildman–Crippen LogP) is 20.5. The molecule has 10 aromatic carbocycles. The highest BCUT2D eigenvalue weighted by Crippen LogP contribution is 2.64. The molecule has 0 bridgehead atoms. The Morgan fingerprint density at radius 2 is 0.842 bits per heavy atom. The molecule has 3 nitrogen and oxygen atoms in total. The second-order valence-electron chi connectivity index (χ2n) is 24.4. The summed E-state index contributed by atoms with van der Waals surface area (Å²) in [6.07, 6.45) is 0. The van der Waals surface area contributed by atoms with Gasteiger partial charge >= 0.3 is 0 Å². The number of rotatable bonds is 5. The van der Waals surface area contributed by atoms with Gasteiger partial charge in [-0.2, -0.15) is 0 Å². The summed E-state index contributed by atoms with van der Waals surface area (Å²) < 4.78 is 14.0. The fourth-order valence-electron chi connectivity index (χ4n) is 14.2. The van der Waals surface area contributed by atoms with Gasteiger partial charge in [-0.25, -0.2) is 0 Å². The van der Waals surface area contributed by atoms with E-state index < -0.39 is 0 Å². The fourth-order valence-corrected chi connectivity index (χ4v) is 14.2. The smallest absolute Gasteiger partial charge is 0.144 e. The van der Waals surface area contributed by atoms with Gasteiger partial charge in [0.25, 0.3) is 0 Å². The van der Waals surface area contributed by atoms with Crippen LogP contribution in [0.15, 0.2) is 203 Å². The quantitative estimate of drug-likeness (QED) is 0.172. The van der Waals surface area contributed by atoms with Gasteiger partial charge in [-0.15, -0.1) is 0 Å². The number of benzene rings is 10. The zero-order valence-electron chi connectivity index (χ0n) is 44.7. The predicted molar refractivity (Wildman–Crippen MR) is 318 cm³/mol. The molecule has 2 heterocycles. The van der Waals surface area contributed by atoms with Crippen LogP contribution in [0.3, 0.4) is 0 Å². The van der Waals surface area contributed by atoms with Crippen LogP contribution < -0.4 is 4.90 Å². The molecule has 3 aliphatic carbocycles. The summed E-state index contributed by atoms with van der Waals surface area (Å²) in [6, 6.07) is 72.0. The molecule has 0 radical (unpaired) electrons. The van der Waals surface area contributed by atoms with E-state index in [0.717, 1.165) is 50.3 Å². The van der Waals surface area contributed by atoms with Gasteiger partial charge < -0.3 is 13.7 Å². The Hall–Kier alpha value is -8.40. The molecule has 3 aliphatic rings. The normalized spacial score (nSPS) is 15.2. The molecule has 3 heteroatoms. The highest BCUT2D eigenvalue weighted by Gasteiger charge is 2.49. The van der Waals surface area contributed by atoms with E-state index in [1.807, 2.05) is 0 Å². The molecule has 0 amide bonds. The average molecular weight is 982 g/mol. The summed E-state index contributed by atoms with van der Waals surface area (Å²) in [4.78, 5) is 2.50. The molecule has 0 N–H and O–H groups in total. The highest BCUT2D eigenvalue weighted by molar-refractivity contribution is 6.22. The maximum Gasteiger partial charge on any atom is 0.144 e. The van der Waals surface area contributed by atoms with Crippen molar-refractivity contribution in [3.63, 3.8) is 0 Å².